The second-order valence-electron chi connectivity index (χ2n) is 5.95. The molecule has 1 aliphatic carbocycles. The van der Waals surface area contributed by atoms with Gasteiger partial charge < -0.3 is 4.74 Å². The van der Waals surface area contributed by atoms with E-state index in [9.17, 15) is 4.21 Å². The second-order valence-corrected chi connectivity index (χ2v) is 8.20. The summed E-state index contributed by atoms with van der Waals surface area (Å²) in [6, 6.07) is 4.45. The van der Waals surface area contributed by atoms with Gasteiger partial charge in [0.1, 0.15) is 5.75 Å². The zero-order valence-electron chi connectivity index (χ0n) is 13.2. The monoisotopic (exact) mass is 305 g/mol. The van der Waals surface area contributed by atoms with Crippen LogP contribution in [0.2, 0.25) is 0 Å². The Morgan fingerprint density at radius 1 is 1.29 bits per heavy atom. The summed E-state index contributed by atoms with van der Waals surface area (Å²) >= 11 is 0. The van der Waals surface area contributed by atoms with Crippen LogP contribution in [0.1, 0.15) is 30.9 Å². The Morgan fingerprint density at radius 3 is 2.38 bits per heavy atom. The van der Waals surface area contributed by atoms with Crippen LogP contribution in [0, 0.1) is 13.8 Å². The predicted molar refractivity (Wildman–Crippen MR) is 88.4 cm³/mol. The number of hydrogen-bond donors (Lipinski definition) is 0. The van der Waals surface area contributed by atoms with Crippen molar-refractivity contribution in [3.8, 4) is 5.75 Å². The summed E-state index contributed by atoms with van der Waals surface area (Å²) in [4.78, 5) is 0.979. The molecule has 114 valence electrons. The average Bonchev–Trinajstić information content (AvgIpc) is 3.21. The molecule has 0 saturated heterocycles. The third-order valence-electron chi connectivity index (χ3n) is 4.28. The molecule has 1 aromatic rings. The van der Waals surface area contributed by atoms with E-state index in [2.05, 4.69) is 10.4 Å². The maximum absolute atomic E-state index is 13.8. The molecule has 4 heteroatoms. The van der Waals surface area contributed by atoms with Crippen LogP contribution in [0.4, 0.5) is 0 Å². The highest BCUT2D eigenvalue weighted by Crippen LogP contribution is 2.38. The van der Waals surface area contributed by atoms with Crippen molar-refractivity contribution in [3.05, 3.63) is 34.9 Å². The summed E-state index contributed by atoms with van der Waals surface area (Å²) in [6.45, 7) is 6.90. The Bertz CT molecular complexity index is 699. The molecule has 3 rings (SSSR count). The maximum atomic E-state index is 13.8. The summed E-state index contributed by atoms with van der Waals surface area (Å²) in [5, 5.41) is 1.99. The van der Waals surface area contributed by atoms with Crippen molar-refractivity contribution in [2.45, 2.75) is 44.6 Å². The number of nitrogens with zero attached hydrogens (tertiary/aromatic N) is 1. The molecule has 0 bridgehead atoms. The molecule has 1 saturated carbocycles. The molecule has 3 nitrogen and oxygen atoms in total. The van der Waals surface area contributed by atoms with Gasteiger partial charge in [0.15, 0.2) is 0 Å². The number of hydrogen-bond acceptors (Lipinski definition) is 2. The normalized spacial score (nSPS) is 27.9. The van der Waals surface area contributed by atoms with Gasteiger partial charge in [0.25, 0.3) is 0 Å². The first-order valence-corrected chi connectivity index (χ1v) is 9.03. The Labute approximate surface area is 127 Å². The van der Waals surface area contributed by atoms with Crippen molar-refractivity contribution < 1.29 is 8.95 Å². The van der Waals surface area contributed by atoms with Gasteiger partial charge in [-0.25, -0.2) is 8.51 Å². The molecular formula is C17H23NO2S. The molecule has 1 aromatic carbocycles. The van der Waals surface area contributed by atoms with Crippen molar-refractivity contribution in [1.82, 2.24) is 4.31 Å². The first-order chi connectivity index (χ1) is 9.99. The van der Waals surface area contributed by atoms with Gasteiger partial charge in [0, 0.05) is 18.0 Å². The number of aryl methyl sites for hydroxylation is 2. The topological polar surface area (TPSA) is 29.5 Å². The molecule has 1 unspecified atom stereocenters. The largest absolute Gasteiger partial charge is 0.497 e. The Hall–Kier alpha value is -1.26. The van der Waals surface area contributed by atoms with Gasteiger partial charge >= 0.3 is 0 Å². The maximum Gasteiger partial charge on any atom is 0.119 e. The van der Waals surface area contributed by atoms with Crippen LogP contribution >= 0.6 is 0 Å². The van der Waals surface area contributed by atoms with Crippen LogP contribution in [-0.2, 0) is 9.71 Å². The smallest absolute Gasteiger partial charge is 0.119 e. The molecule has 1 aliphatic heterocycles. The lowest BCUT2D eigenvalue weighted by Gasteiger charge is -2.24. The Kier molecular flexibility index (Phi) is 3.62. The molecule has 1 fully saturated rings. The molecule has 0 N–H and O–H groups in total. The highest BCUT2D eigenvalue weighted by molar-refractivity contribution is 8.00. The molecule has 0 aromatic heterocycles. The highest BCUT2D eigenvalue weighted by atomic mass is 32.2. The minimum Gasteiger partial charge on any atom is -0.497 e. The van der Waals surface area contributed by atoms with Crippen molar-refractivity contribution in [1.29, 1.82) is 0 Å². The number of methoxy groups -OCH3 is 1. The SMILES string of the molecule is C/C=C1/C=S(=O)(c2c(C)cc(OC)cc2C)N(C2CC2)C1. The fourth-order valence-electron chi connectivity index (χ4n) is 3.12. The van der Waals surface area contributed by atoms with Gasteiger partial charge in [-0.15, -0.1) is 0 Å². The van der Waals surface area contributed by atoms with Crippen LogP contribution in [0.3, 0.4) is 0 Å². The highest BCUT2D eigenvalue weighted by Gasteiger charge is 2.40. The fourth-order valence-corrected chi connectivity index (χ4v) is 6.27. The summed E-state index contributed by atoms with van der Waals surface area (Å²) in [6.07, 6.45) is 4.41. The zero-order valence-corrected chi connectivity index (χ0v) is 14.0. The van der Waals surface area contributed by atoms with Crippen molar-refractivity contribution >= 4 is 15.1 Å². The lowest BCUT2D eigenvalue weighted by Crippen LogP contribution is -2.31. The summed E-state index contributed by atoms with van der Waals surface area (Å²) in [5.74, 6) is 0.832. The molecule has 0 radical (unpaired) electrons. The first kappa shape index (κ1) is 14.7. The van der Waals surface area contributed by atoms with E-state index in [1.54, 1.807) is 7.11 Å². The van der Waals surface area contributed by atoms with Crippen LogP contribution in [0.5, 0.6) is 5.75 Å². The predicted octanol–water partition coefficient (Wildman–Crippen LogP) is 3.10. The molecule has 1 atom stereocenters. The average molecular weight is 305 g/mol. The van der Waals surface area contributed by atoms with E-state index in [4.69, 9.17) is 4.74 Å². The number of ether oxygens (including phenoxy) is 1. The van der Waals surface area contributed by atoms with E-state index in [1.165, 1.54) is 5.57 Å². The summed E-state index contributed by atoms with van der Waals surface area (Å²) in [5.41, 5.74) is 3.29. The van der Waals surface area contributed by atoms with Gasteiger partial charge in [0.2, 0.25) is 0 Å². The van der Waals surface area contributed by atoms with Gasteiger partial charge in [-0.05, 0) is 62.4 Å². The molecule has 0 spiro atoms. The lowest BCUT2D eigenvalue weighted by molar-refractivity contribution is 0.413. The van der Waals surface area contributed by atoms with E-state index < -0.39 is 9.71 Å². The number of benzene rings is 1. The molecular weight excluding hydrogens is 282 g/mol. The van der Waals surface area contributed by atoms with Crippen LogP contribution < -0.4 is 4.74 Å². The Morgan fingerprint density at radius 2 is 1.90 bits per heavy atom. The van der Waals surface area contributed by atoms with Crippen LogP contribution in [0.25, 0.3) is 0 Å². The van der Waals surface area contributed by atoms with E-state index in [1.807, 2.05) is 38.3 Å². The molecule has 1 heterocycles. The van der Waals surface area contributed by atoms with Crippen molar-refractivity contribution in [2.24, 2.45) is 0 Å². The third kappa shape index (κ3) is 2.40. The number of rotatable bonds is 3. The van der Waals surface area contributed by atoms with E-state index >= 15 is 0 Å². The van der Waals surface area contributed by atoms with Gasteiger partial charge in [0.05, 0.1) is 21.7 Å². The quantitative estimate of drug-likeness (QED) is 0.634. The van der Waals surface area contributed by atoms with Crippen LogP contribution in [0.15, 0.2) is 28.7 Å². The van der Waals surface area contributed by atoms with E-state index in [0.29, 0.717) is 6.04 Å². The lowest BCUT2D eigenvalue weighted by atomic mass is 10.1. The zero-order chi connectivity index (χ0) is 15.2. The van der Waals surface area contributed by atoms with Gasteiger partial charge in [-0.1, -0.05) is 6.08 Å². The third-order valence-corrected chi connectivity index (χ3v) is 7.26. The Balaban J connectivity index is 2.20. The van der Waals surface area contributed by atoms with Gasteiger partial charge in [-0.3, -0.25) is 0 Å². The first-order valence-electron chi connectivity index (χ1n) is 7.46. The fraction of sp³-hybridized carbons (Fsp3) is 0.471. The number of allylic oxidation sites excluding steroid dienone is 1. The van der Waals surface area contributed by atoms with Crippen molar-refractivity contribution in [3.63, 3.8) is 0 Å². The van der Waals surface area contributed by atoms with E-state index in [-0.39, 0.29) is 0 Å². The van der Waals surface area contributed by atoms with Gasteiger partial charge in [-0.2, -0.15) is 0 Å². The minimum absolute atomic E-state index is 0.479. The molecule has 21 heavy (non-hydrogen) atoms. The van der Waals surface area contributed by atoms with E-state index in [0.717, 1.165) is 41.2 Å². The van der Waals surface area contributed by atoms with Crippen LogP contribution in [-0.4, -0.2) is 33.6 Å². The molecule has 2 aliphatic rings. The summed E-state index contributed by atoms with van der Waals surface area (Å²) < 4.78 is 21.3. The summed E-state index contributed by atoms with van der Waals surface area (Å²) in [7, 11) is -0.603. The standard InChI is InChI=1S/C17H23NO2S/c1-5-14-10-18(15-6-7-15)21(19,11-14)17-12(2)8-16(20-4)9-13(17)3/h5,8-9,11,15H,6-7,10H2,1-4H3/b14-5+. The van der Waals surface area contributed by atoms with Crippen molar-refractivity contribution in [2.75, 3.05) is 13.7 Å². The molecule has 0 amide bonds. The minimum atomic E-state index is -2.27. The second kappa shape index (κ2) is 5.18.